The predicted molar refractivity (Wildman–Crippen MR) is 89.8 cm³/mol. The molecule has 7 heteroatoms. The standard InChI is InChI=1S/C16H18N6O/c1-21(2)14-13(10-18-16(20-14)22(3)4)19-15(23)12-7-5-11(9-17)6-8-12/h5-8,10H,1-4H3,(H,19,23). The van der Waals surface area contributed by atoms with Crippen molar-refractivity contribution in [3.8, 4) is 6.07 Å². The number of carbonyl (C=O) groups is 1. The van der Waals surface area contributed by atoms with Crippen molar-refractivity contribution in [1.82, 2.24) is 9.97 Å². The van der Waals surface area contributed by atoms with Crippen LogP contribution in [0.15, 0.2) is 30.5 Å². The summed E-state index contributed by atoms with van der Waals surface area (Å²) in [5.41, 5.74) is 1.49. The van der Waals surface area contributed by atoms with Gasteiger partial charge in [0.05, 0.1) is 17.8 Å². The summed E-state index contributed by atoms with van der Waals surface area (Å²) in [5.74, 6) is 0.898. The first kappa shape index (κ1) is 16.2. The molecule has 2 aromatic rings. The van der Waals surface area contributed by atoms with Crippen LogP contribution < -0.4 is 15.1 Å². The molecule has 1 heterocycles. The molecule has 1 aromatic carbocycles. The average molecular weight is 310 g/mol. The molecule has 0 aliphatic carbocycles. The lowest BCUT2D eigenvalue weighted by molar-refractivity contribution is 0.102. The fourth-order valence-electron chi connectivity index (χ4n) is 1.90. The minimum atomic E-state index is -0.279. The molecule has 0 saturated carbocycles. The summed E-state index contributed by atoms with van der Waals surface area (Å²) >= 11 is 0. The zero-order chi connectivity index (χ0) is 17.0. The maximum Gasteiger partial charge on any atom is 0.255 e. The molecule has 0 radical (unpaired) electrons. The van der Waals surface area contributed by atoms with Gasteiger partial charge in [0.25, 0.3) is 5.91 Å². The highest BCUT2D eigenvalue weighted by molar-refractivity contribution is 6.05. The van der Waals surface area contributed by atoms with Crippen molar-refractivity contribution < 1.29 is 4.79 Å². The van der Waals surface area contributed by atoms with Gasteiger partial charge < -0.3 is 15.1 Å². The normalized spacial score (nSPS) is 9.87. The molecule has 0 aliphatic heterocycles. The number of nitrogens with zero attached hydrogens (tertiary/aromatic N) is 5. The second-order valence-corrected chi connectivity index (χ2v) is 5.34. The van der Waals surface area contributed by atoms with Crippen LogP contribution >= 0.6 is 0 Å². The highest BCUT2D eigenvalue weighted by atomic mass is 16.1. The third-order valence-electron chi connectivity index (χ3n) is 3.10. The van der Waals surface area contributed by atoms with Crippen molar-refractivity contribution in [3.63, 3.8) is 0 Å². The fourth-order valence-corrected chi connectivity index (χ4v) is 1.90. The summed E-state index contributed by atoms with van der Waals surface area (Å²) in [6, 6.07) is 8.45. The second-order valence-electron chi connectivity index (χ2n) is 5.34. The smallest absolute Gasteiger partial charge is 0.255 e. The molecule has 0 bridgehead atoms. The van der Waals surface area contributed by atoms with Crippen LogP contribution in [0.25, 0.3) is 0 Å². The quantitative estimate of drug-likeness (QED) is 0.925. The third kappa shape index (κ3) is 3.74. The second kappa shape index (κ2) is 6.75. The van der Waals surface area contributed by atoms with Crippen molar-refractivity contribution in [1.29, 1.82) is 5.26 Å². The van der Waals surface area contributed by atoms with Crippen LogP contribution in [-0.2, 0) is 0 Å². The van der Waals surface area contributed by atoms with Gasteiger partial charge >= 0.3 is 0 Å². The van der Waals surface area contributed by atoms with Gasteiger partial charge in [-0.25, -0.2) is 4.98 Å². The van der Waals surface area contributed by atoms with Gasteiger partial charge in [-0.3, -0.25) is 4.79 Å². The summed E-state index contributed by atoms with van der Waals surface area (Å²) in [7, 11) is 7.39. The Morgan fingerprint density at radius 2 is 1.78 bits per heavy atom. The summed E-state index contributed by atoms with van der Waals surface area (Å²) in [4.78, 5) is 24.6. The molecule has 2 rings (SSSR count). The van der Waals surface area contributed by atoms with Crippen LogP contribution in [0.5, 0.6) is 0 Å². The highest BCUT2D eigenvalue weighted by Gasteiger charge is 2.14. The van der Waals surface area contributed by atoms with E-state index in [-0.39, 0.29) is 5.91 Å². The number of nitrogens with one attached hydrogen (secondary N) is 1. The molecule has 0 fully saturated rings. The van der Waals surface area contributed by atoms with Crippen LogP contribution in [0.4, 0.5) is 17.5 Å². The third-order valence-corrected chi connectivity index (χ3v) is 3.10. The molecule has 0 spiro atoms. The lowest BCUT2D eigenvalue weighted by Crippen LogP contribution is -2.21. The van der Waals surface area contributed by atoms with E-state index in [0.29, 0.717) is 28.6 Å². The molecule has 0 atom stereocenters. The molecule has 1 aromatic heterocycles. The molecule has 1 amide bonds. The van der Waals surface area contributed by atoms with Crippen LogP contribution in [0.3, 0.4) is 0 Å². The Hall–Kier alpha value is -3.14. The van der Waals surface area contributed by atoms with E-state index in [0.717, 1.165) is 0 Å². The number of amides is 1. The van der Waals surface area contributed by atoms with E-state index in [1.54, 1.807) is 35.4 Å². The maximum atomic E-state index is 12.3. The van der Waals surface area contributed by atoms with Crippen molar-refractivity contribution in [2.75, 3.05) is 43.3 Å². The number of rotatable bonds is 4. The highest BCUT2D eigenvalue weighted by Crippen LogP contribution is 2.23. The Kier molecular flexibility index (Phi) is 4.76. The maximum absolute atomic E-state index is 12.3. The minimum absolute atomic E-state index is 0.279. The van der Waals surface area contributed by atoms with Crippen molar-refractivity contribution in [2.24, 2.45) is 0 Å². The summed E-state index contributed by atoms with van der Waals surface area (Å²) in [6.07, 6.45) is 1.58. The zero-order valence-corrected chi connectivity index (χ0v) is 13.5. The molecule has 7 nitrogen and oxygen atoms in total. The van der Waals surface area contributed by atoms with E-state index < -0.39 is 0 Å². The van der Waals surface area contributed by atoms with Crippen LogP contribution in [0.1, 0.15) is 15.9 Å². The molecular weight excluding hydrogens is 292 g/mol. The SMILES string of the molecule is CN(C)c1ncc(NC(=O)c2ccc(C#N)cc2)c(N(C)C)n1. The van der Waals surface area contributed by atoms with Gasteiger partial charge in [0.1, 0.15) is 5.69 Å². The van der Waals surface area contributed by atoms with Crippen LogP contribution in [0, 0.1) is 11.3 Å². The van der Waals surface area contributed by atoms with Crippen molar-refractivity contribution >= 4 is 23.4 Å². The summed E-state index contributed by atoms with van der Waals surface area (Å²) < 4.78 is 0. The number of nitriles is 1. The van der Waals surface area contributed by atoms with Gasteiger partial charge in [0, 0.05) is 33.8 Å². The first-order chi connectivity index (χ1) is 10.9. The number of hydrogen-bond donors (Lipinski definition) is 1. The lowest BCUT2D eigenvalue weighted by atomic mass is 10.1. The predicted octanol–water partition coefficient (Wildman–Crippen LogP) is 1.73. The van der Waals surface area contributed by atoms with Gasteiger partial charge in [-0.05, 0) is 24.3 Å². The van der Waals surface area contributed by atoms with Gasteiger partial charge in [0.15, 0.2) is 5.82 Å². The van der Waals surface area contributed by atoms with E-state index >= 15 is 0 Å². The van der Waals surface area contributed by atoms with E-state index in [1.165, 1.54) is 0 Å². The molecule has 118 valence electrons. The fraction of sp³-hybridized carbons (Fsp3) is 0.250. The Morgan fingerprint density at radius 3 is 2.30 bits per heavy atom. The molecule has 23 heavy (non-hydrogen) atoms. The Morgan fingerprint density at radius 1 is 1.13 bits per heavy atom. The van der Waals surface area contributed by atoms with E-state index in [9.17, 15) is 4.79 Å². The molecule has 0 unspecified atom stereocenters. The number of anilines is 3. The number of aromatic nitrogens is 2. The molecule has 0 saturated heterocycles. The lowest BCUT2D eigenvalue weighted by Gasteiger charge is -2.19. The minimum Gasteiger partial charge on any atom is -0.361 e. The first-order valence-corrected chi connectivity index (χ1v) is 6.95. The number of hydrogen-bond acceptors (Lipinski definition) is 6. The van der Waals surface area contributed by atoms with Gasteiger partial charge in [-0.2, -0.15) is 10.2 Å². The number of benzene rings is 1. The summed E-state index contributed by atoms with van der Waals surface area (Å²) in [5, 5.41) is 11.6. The Bertz CT molecular complexity index is 746. The monoisotopic (exact) mass is 310 g/mol. The topological polar surface area (TPSA) is 85.2 Å². The molecule has 1 N–H and O–H groups in total. The van der Waals surface area contributed by atoms with Crippen molar-refractivity contribution in [3.05, 3.63) is 41.6 Å². The van der Waals surface area contributed by atoms with Crippen LogP contribution in [-0.4, -0.2) is 44.1 Å². The largest absolute Gasteiger partial charge is 0.361 e. The number of carbonyl (C=O) groups excluding carboxylic acids is 1. The summed E-state index contributed by atoms with van der Waals surface area (Å²) in [6.45, 7) is 0. The van der Waals surface area contributed by atoms with Crippen LogP contribution in [0.2, 0.25) is 0 Å². The van der Waals surface area contributed by atoms with Gasteiger partial charge in [0.2, 0.25) is 5.95 Å². The van der Waals surface area contributed by atoms with Crippen molar-refractivity contribution in [2.45, 2.75) is 0 Å². The Labute approximate surface area is 135 Å². The molecular formula is C16H18N6O. The van der Waals surface area contributed by atoms with Gasteiger partial charge in [-0.1, -0.05) is 0 Å². The first-order valence-electron chi connectivity index (χ1n) is 6.95. The molecule has 0 aliphatic rings. The van der Waals surface area contributed by atoms with E-state index in [1.807, 2.05) is 39.2 Å². The van der Waals surface area contributed by atoms with E-state index in [4.69, 9.17) is 5.26 Å². The Balaban J connectivity index is 2.27. The van der Waals surface area contributed by atoms with E-state index in [2.05, 4.69) is 15.3 Å². The van der Waals surface area contributed by atoms with Gasteiger partial charge in [-0.15, -0.1) is 0 Å². The zero-order valence-electron chi connectivity index (χ0n) is 13.5. The average Bonchev–Trinajstić information content (AvgIpc) is 2.54.